The first-order chi connectivity index (χ1) is 9.65. The zero-order valence-corrected chi connectivity index (χ0v) is 12.6. The molecule has 0 aromatic heterocycles. The van der Waals surface area contributed by atoms with E-state index in [4.69, 9.17) is 9.84 Å². The monoisotopic (exact) mass is 284 g/mol. The molecule has 0 aliphatic heterocycles. The normalized spacial score (nSPS) is 18.9. The van der Waals surface area contributed by atoms with Gasteiger partial charge < -0.3 is 9.84 Å². The molecule has 0 aromatic carbocycles. The third-order valence-corrected chi connectivity index (χ3v) is 4.20. The summed E-state index contributed by atoms with van der Waals surface area (Å²) >= 11 is 0. The molecular weight excluding hydrogens is 256 g/mol. The Bertz CT molecular complexity index is 293. The molecule has 116 valence electrons. The number of ether oxygens (including phenoxy) is 1. The van der Waals surface area contributed by atoms with Crippen LogP contribution in [0.1, 0.15) is 71.1 Å². The third kappa shape index (κ3) is 6.40. The largest absolute Gasteiger partial charge is 0.481 e. The zero-order valence-electron chi connectivity index (χ0n) is 12.6. The van der Waals surface area contributed by atoms with Gasteiger partial charge in [-0.05, 0) is 19.3 Å². The van der Waals surface area contributed by atoms with Gasteiger partial charge in [-0.25, -0.2) is 0 Å². The first-order valence-corrected chi connectivity index (χ1v) is 8.04. The first kappa shape index (κ1) is 17.0. The summed E-state index contributed by atoms with van der Waals surface area (Å²) in [5.74, 6) is -1.91. The average molecular weight is 284 g/mol. The molecule has 4 nitrogen and oxygen atoms in total. The highest BCUT2D eigenvalue weighted by atomic mass is 16.5. The molecule has 1 aliphatic carbocycles. The van der Waals surface area contributed by atoms with Crippen molar-refractivity contribution in [2.45, 2.75) is 71.1 Å². The zero-order chi connectivity index (χ0) is 14.8. The number of esters is 1. The number of carboxylic acid groups (broad SMARTS) is 1. The van der Waals surface area contributed by atoms with Gasteiger partial charge in [-0.15, -0.1) is 0 Å². The Morgan fingerprint density at radius 1 is 1.15 bits per heavy atom. The molecule has 0 radical (unpaired) electrons. The molecule has 1 saturated carbocycles. The molecule has 1 atom stereocenters. The summed E-state index contributed by atoms with van der Waals surface area (Å²) in [4.78, 5) is 22.7. The van der Waals surface area contributed by atoms with E-state index in [0.717, 1.165) is 12.8 Å². The van der Waals surface area contributed by atoms with Gasteiger partial charge >= 0.3 is 11.9 Å². The van der Waals surface area contributed by atoms with Gasteiger partial charge in [0.15, 0.2) is 5.92 Å². The highest BCUT2D eigenvalue weighted by molar-refractivity contribution is 5.93. The van der Waals surface area contributed by atoms with Gasteiger partial charge in [0.05, 0.1) is 6.61 Å². The van der Waals surface area contributed by atoms with Gasteiger partial charge in [-0.2, -0.15) is 0 Å². The molecule has 1 N–H and O–H groups in total. The van der Waals surface area contributed by atoms with E-state index in [1.807, 2.05) is 0 Å². The number of hydrogen-bond donors (Lipinski definition) is 1. The second kappa shape index (κ2) is 9.78. The maximum Gasteiger partial charge on any atom is 0.320 e. The lowest BCUT2D eigenvalue weighted by atomic mass is 9.86. The molecule has 1 aliphatic rings. The Balaban J connectivity index is 2.31. The topological polar surface area (TPSA) is 63.6 Å². The van der Waals surface area contributed by atoms with Crippen LogP contribution < -0.4 is 0 Å². The summed E-state index contributed by atoms with van der Waals surface area (Å²) in [7, 11) is 0. The van der Waals surface area contributed by atoms with Crippen LogP contribution in [0.5, 0.6) is 0 Å². The van der Waals surface area contributed by atoms with Crippen LogP contribution in [0.4, 0.5) is 0 Å². The quantitative estimate of drug-likeness (QED) is 0.571. The molecule has 20 heavy (non-hydrogen) atoms. The number of carbonyl (C=O) groups is 2. The fourth-order valence-electron chi connectivity index (χ4n) is 3.03. The first-order valence-electron chi connectivity index (χ1n) is 8.04. The van der Waals surface area contributed by atoms with Crippen molar-refractivity contribution < 1.29 is 19.4 Å². The van der Waals surface area contributed by atoms with Gasteiger partial charge in [0.25, 0.3) is 0 Å². The molecule has 1 fully saturated rings. The van der Waals surface area contributed by atoms with Crippen LogP contribution >= 0.6 is 0 Å². The van der Waals surface area contributed by atoms with E-state index in [0.29, 0.717) is 12.3 Å². The van der Waals surface area contributed by atoms with E-state index < -0.39 is 17.9 Å². The summed E-state index contributed by atoms with van der Waals surface area (Å²) < 4.78 is 4.82. The SMILES string of the molecule is CCOC(=O)C(CCCC1CCCCCCC1)C(=O)O. The lowest BCUT2D eigenvalue weighted by Crippen LogP contribution is -2.26. The van der Waals surface area contributed by atoms with Crippen molar-refractivity contribution in [3.05, 3.63) is 0 Å². The Hall–Kier alpha value is -1.06. The summed E-state index contributed by atoms with van der Waals surface area (Å²) in [6.45, 7) is 1.94. The van der Waals surface area contributed by atoms with Crippen molar-refractivity contribution in [3.8, 4) is 0 Å². The summed E-state index contributed by atoms with van der Waals surface area (Å²) in [5, 5.41) is 9.09. The van der Waals surface area contributed by atoms with E-state index in [9.17, 15) is 9.59 Å². The van der Waals surface area contributed by atoms with Crippen LogP contribution in [0, 0.1) is 11.8 Å². The minimum Gasteiger partial charge on any atom is -0.481 e. The number of aliphatic carboxylic acids is 1. The van der Waals surface area contributed by atoms with E-state index in [1.54, 1.807) is 6.92 Å². The van der Waals surface area contributed by atoms with E-state index >= 15 is 0 Å². The second-order valence-corrected chi connectivity index (χ2v) is 5.78. The summed E-state index contributed by atoms with van der Waals surface area (Å²) in [6.07, 6.45) is 11.4. The fourth-order valence-corrected chi connectivity index (χ4v) is 3.03. The van der Waals surface area contributed by atoms with Crippen molar-refractivity contribution in [1.29, 1.82) is 0 Å². The predicted octanol–water partition coefficient (Wildman–Crippen LogP) is 3.78. The Labute approximate surface area is 121 Å². The highest BCUT2D eigenvalue weighted by Crippen LogP contribution is 2.27. The van der Waals surface area contributed by atoms with Gasteiger partial charge in [0, 0.05) is 0 Å². The van der Waals surface area contributed by atoms with Gasteiger partial charge in [-0.3, -0.25) is 9.59 Å². The second-order valence-electron chi connectivity index (χ2n) is 5.78. The maximum absolute atomic E-state index is 11.6. The molecular formula is C16H28O4. The molecule has 0 heterocycles. The average Bonchev–Trinajstić information content (AvgIpc) is 2.36. The number of carboxylic acids is 1. The molecule has 1 unspecified atom stereocenters. The molecule has 0 spiro atoms. The van der Waals surface area contributed by atoms with Crippen molar-refractivity contribution in [1.82, 2.24) is 0 Å². The van der Waals surface area contributed by atoms with Crippen LogP contribution in [0.2, 0.25) is 0 Å². The van der Waals surface area contributed by atoms with Crippen molar-refractivity contribution in [2.24, 2.45) is 11.8 Å². The highest BCUT2D eigenvalue weighted by Gasteiger charge is 2.27. The molecule has 0 bridgehead atoms. The van der Waals surface area contributed by atoms with Crippen molar-refractivity contribution in [2.75, 3.05) is 6.61 Å². The van der Waals surface area contributed by atoms with Gasteiger partial charge in [0.1, 0.15) is 0 Å². The van der Waals surface area contributed by atoms with Gasteiger partial charge in [-0.1, -0.05) is 57.8 Å². The van der Waals surface area contributed by atoms with Crippen molar-refractivity contribution >= 4 is 11.9 Å². The van der Waals surface area contributed by atoms with Crippen molar-refractivity contribution in [3.63, 3.8) is 0 Å². The lowest BCUT2D eigenvalue weighted by molar-refractivity contribution is -0.158. The number of carbonyl (C=O) groups excluding carboxylic acids is 1. The van der Waals surface area contributed by atoms with Crippen LogP contribution in [0.3, 0.4) is 0 Å². The lowest BCUT2D eigenvalue weighted by Gasteiger charge is -2.20. The molecule has 1 rings (SSSR count). The molecule has 0 amide bonds. The standard InChI is InChI=1S/C16H28O4/c1-2-20-16(19)14(15(17)18)12-8-11-13-9-6-4-3-5-7-10-13/h13-14H,2-12H2,1H3,(H,17,18). The van der Waals surface area contributed by atoms with E-state index in [2.05, 4.69) is 0 Å². The van der Waals surface area contributed by atoms with Crippen LogP contribution in [-0.4, -0.2) is 23.7 Å². The minimum atomic E-state index is -1.05. The fraction of sp³-hybridized carbons (Fsp3) is 0.875. The molecule has 0 saturated heterocycles. The maximum atomic E-state index is 11.6. The molecule has 4 heteroatoms. The minimum absolute atomic E-state index is 0.241. The smallest absolute Gasteiger partial charge is 0.320 e. The van der Waals surface area contributed by atoms with E-state index in [1.165, 1.54) is 44.9 Å². The van der Waals surface area contributed by atoms with Crippen LogP contribution in [0.15, 0.2) is 0 Å². The third-order valence-electron chi connectivity index (χ3n) is 4.20. The Kier molecular flexibility index (Phi) is 8.31. The Morgan fingerprint density at radius 2 is 1.75 bits per heavy atom. The summed E-state index contributed by atoms with van der Waals surface area (Å²) in [6, 6.07) is 0. The number of rotatable bonds is 7. The predicted molar refractivity (Wildman–Crippen MR) is 77.4 cm³/mol. The summed E-state index contributed by atoms with van der Waals surface area (Å²) in [5.41, 5.74) is 0. The van der Waals surface area contributed by atoms with Crippen LogP contribution in [-0.2, 0) is 14.3 Å². The molecule has 0 aromatic rings. The van der Waals surface area contributed by atoms with E-state index in [-0.39, 0.29) is 6.61 Å². The van der Waals surface area contributed by atoms with Crippen LogP contribution in [0.25, 0.3) is 0 Å². The van der Waals surface area contributed by atoms with Gasteiger partial charge in [0.2, 0.25) is 0 Å². The Morgan fingerprint density at radius 3 is 2.30 bits per heavy atom. The number of hydrogen-bond acceptors (Lipinski definition) is 3.